The number of ether oxygens (including phenoxy) is 2. The molecule has 0 aliphatic heterocycles. The molecule has 1 unspecified atom stereocenters. The number of primary amides is 1. The zero-order chi connectivity index (χ0) is 21.3. The fourth-order valence-electron chi connectivity index (χ4n) is 3.49. The molecule has 1 atom stereocenters. The Labute approximate surface area is 175 Å². The molecule has 4 heteroatoms. The number of nitrogens with two attached hydrogens (primary N) is 1. The van der Waals surface area contributed by atoms with Crippen LogP contribution in [-0.4, -0.2) is 12.5 Å². The van der Waals surface area contributed by atoms with E-state index in [9.17, 15) is 4.79 Å². The molecule has 2 rings (SSSR count). The van der Waals surface area contributed by atoms with E-state index in [1.807, 2.05) is 44.2 Å². The predicted octanol–water partition coefficient (Wildman–Crippen LogP) is 5.57. The van der Waals surface area contributed by atoms with Crippen LogP contribution in [0, 0.1) is 13.8 Å². The van der Waals surface area contributed by atoms with Gasteiger partial charge in [0, 0.05) is 6.61 Å². The molecule has 29 heavy (non-hydrogen) atoms. The van der Waals surface area contributed by atoms with Gasteiger partial charge in [-0.15, -0.1) is 0 Å². The van der Waals surface area contributed by atoms with Crippen LogP contribution in [0.4, 0.5) is 0 Å². The van der Waals surface area contributed by atoms with Crippen LogP contribution in [-0.2, 0) is 21.7 Å². The molecule has 2 aromatic carbocycles. The van der Waals surface area contributed by atoms with E-state index in [1.165, 1.54) is 0 Å². The van der Waals surface area contributed by atoms with Crippen molar-refractivity contribution in [1.29, 1.82) is 0 Å². The van der Waals surface area contributed by atoms with E-state index in [-0.39, 0.29) is 0 Å². The zero-order valence-electron chi connectivity index (χ0n) is 18.3. The lowest BCUT2D eigenvalue weighted by Crippen LogP contribution is -2.44. The summed E-state index contributed by atoms with van der Waals surface area (Å²) in [4.78, 5) is 12.7. The molecule has 0 bridgehead atoms. The minimum absolute atomic E-state index is 0.360. The van der Waals surface area contributed by atoms with E-state index in [0.717, 1.165) is 53.7 Å². The first-order valence-corrected chi connectivity index (χ1v) is 10.7. The lowest BCUT2D eigenvalue weighted by molar-refractivity contribution is -0.147. The second-order valence-corrected chi connectivity index (χ2v) is 7.71. The summed E-state index contributed by atoms with van der Waals surface area (Å²) in [6, 6.07) is 14.0. The fraction of sp³-hybridized carbons (Fsp3) is 0.480. The Bertz CT molecular complexity index is 802. The van der Waals surface area contributed by atoms with Gasteiger partial charge in [0.25, 0.3) is 5.91 Å². The Kier molecular flexibility index (Phi) is 8.71. The van der Waals surface area contributed by atoms with Crippen LogP contribution in [0.15, 0.2) is 42.5 Å². The molecule has 2 aromatic rings. The Hall–Kier alpha value is -2.33. The van der Waals surface area contributed by atoms with Crippen molar-refractivity contribution in [2.75, 3.05) is 6.61 Å². The second-order valence-electron chi connectivity index (χ2n) is 7.71. The van der Waals surface area contributed by atoms with Crippen molar-refractivity contribution in [2.45, 2.75) is 72.0 Å². The molecule has 0 fully saturated rings. The molecule has 0 saturated carbocycles. The number of rotatable bonds is 12. The Morgan fingerprint density at radius 3 is 2.45 bits per heavy atom. The van der Waals surface area contributed by atoms with Crippen molar-refractivity contribution >= 4 is 5.91 Å². The van der Waals surface area contributed by atoms with Crippen molar-refractivity contribution in [3.63, 3.8) is 0 Å². The van der Waals surface area contributed by atoms with Gasteiger partial charge in [0.15, 0.2) is 5.60 Å². The summed E-state index contributed by atoms with van der Waals surface area (Å²) in [6.45, 7) is 9.16. The lowest BCUT2D eigenvalue weighted by Gasteiger charge is -2.33. The van der Waals surface area contributed by atoms with Crippen LogP contribution >= 0.6 is 0 Å². The highest BCUT2D eigenvalue weighted by atomic mass is 16.5. The van der Waals surface area contributed by atoms with Crippen LogP contribution in [0.3, 0.4) is 0 Å². The number of hydrogen-bond acceptors (Lipinski definition) is 3. The van der Waals surface area contributed by atoms with Crippen molar-refractivity contribution < 1.29 is 14.3 Å². The molecule has 0 radical (unpaired) electrons. The minimum atomic E-state index is -1.12. The average Bonchev–Trinajstić information content (AvgIpc) is 2.71. The van der Waals surface area contributed by atoms with Crippen molar-refractivity contribution in [3.05, 3.63) is 64.7 Å². The summed E-state index contributed by atoms with van der Waals surface area (Å²) >= 11 is 0. The monoisotopic (exact) mass is 397 g/mol. The van der Waals surface area contributed by atoms with E-state index in [2.05, 4.69) is 26.0 Å². The van der Waals surface area contributed by atoms with Gasteiger partial charge in [0.1, 0.15) is 12.4 Å². The van der Waals surface area contributed by atoms with Gasteiger partial charge in [-0.1, -0.05) is 63.1 Å². The third-order valence-corrected chi connectivity index (χ3v) is 5.31. The fourth-order valence-corrected chi connectivity index (χ4v) is 3.49. The third-order valence-electron chi connectivity index (χ3n) is 5.31. The molecule has 0 aliphatic carbocycles. The van der Waals surface area contributed by atoms with E-state index in [1.54, 1.807) is 0 Å². The highest BCUT2D eigenvalue weighted by Crippen LogP contribution is 2.35. The normalized spacial score (nSPS) is 13.1. The van der Waals surface area contributed by atoms with E-state index < -0.39 is 11.5 Å². The first-order valence-electron chi connectivity index (χ1n) is 10.7. The van der Waals surface area contributed by atoms with Gasteiger partial charge in [-0.2, -0.15) is 0 Å². The highest BCUT2D eigenvalue weighted by molar-refractivity contribution is 5.85. The van der Waals surface area contributed by atoms with Gasteiger partial charge in [0.2, 0.25) is 0 Å². The Morgan fingerprint density at radius 2 is 1.76 bits per heavy atom. The minimum Gasteiger partial charge on any atom is -0.489 e. The number of hydrogen-bond donors (Lipinski definition) is 1. The summed E-state index contributed by atoms with van der Waals surface area (Å²) < 4.78 is 12.4. The van der Waals surface area contributed by atoms with Gasteiger partial charge in [-0.3, -0.25) is 4.79 Å². The van der Waals surface area contributed by atoms with Gasteiger partial charge in [-0.25, -0.2) is 0 Å². The summed E-state index contributed by atoms with van der Waals surface area (Å²) in [5, 5.41) is 0. The molecule has 4 nitrogen and oxygen atoms in total. The Balaban J connectivity index is 2.38. The highest BCUT2D eigenvalue weighted by Gasteiger charge is 2.40. The van der Waals surface area contributed by atoms with E-state index >= 15 is 0 Å². The van der Waals surface area contributed by atoms with Gasteiger partial charge in [0.05, 0.1) is 0 Å². The molecule has 2 N–H and O–H groups in total. The molecule has 0 saturated heterocycles. The number of aryl methyl sites for hydroxylation is 2. The number of carbonyl (C=O) groups is 1. The standard InChI is InChI=1S/C25H35NO3/c1-5-7-15-25(24(26)27,29-16-8-6-2)22-12-10-9-11-21(22)18-28-23-17-19(3)13-14-20(23)4/h9-14,17H,5-8,15-16,18H2,1-4H3,(H2,26,27). The maximum Gasteiger partial charge on any atom is 0.254 e. The number of unbranched alkanes of at least 4 members (excludes halogenated alkanes) is 2. The number of carbonyl (C=O) groups excluding carboxylic acids is 1. The first kappa shape index (κ1) is 23.0. The summed E-state index contributed by atoms with van der Waals surface area (Å²) in [5.41, 5.74) is 8.81. The zero-order valence-corrected chi connectivity index (χ0v) is 18.3. The topological polar surface area (TPSA) is 61.5 Å². The van der Waals surface area contributed by atoms with E-state index in [0.29, 0.717) is 19.6 Å². The van der Waals surface area contributed by atoms with Crippen LogP contribution in [0.5, 0.6) is 5.75 Å². The first-order chi connectivity index (χ1) is 13.9. The molecular weight excluding hydrogens is 362 g/mol. The molecule has 0 spiro atoms. The summed E-state index contributed by atoms with van der Waals surface area (Å²) in [7, 11) is 0. The summed E-state index contributed by atoms with van der Waals surface area (Å²) in [5.74, 6) is 0.422. The van der Waals surface area contributed by atoms with Crippen molar-refractivity contribution in [1.82, 2.24) is 0 Å². The largest absolute Gasteiger partial charge is 0.489 e. The quantitative estimate of drug-likeness (QED) is 0.476. The molecule has 0 heterocycles. The smallest absolute Gasteiger partial charge is 0.254 e. The van der Waals surface area contributed by atoms with Crippen LogP contribution in [0.1, 0.15) is 68.2 Å². The van der Waals surface area contributed by atoms with Crippen molar-refractivity contribution in [3.8, 4) is 5.75 Å². The van der Waals surface area contributed by atoms with Gasteiger partial charge < -0.3 is 15.2 Å². The van der Waals surface area contributed by atoms with Gasteiger partial charge in [-0.05, 0) is 61.4 Å². The van der Waals surface area contributed by atoms with Crippen LogP contribution < -0.4 is 10.5 Å². The SMILES string of the molecule is CCCCOC(CCCC)(C(N)=O)c1ccccc1COc1cc(C)ccc1C. The number of benzene rings is 2. The maximum atomic E-state index is 12.7. The molecular formula is C25H35NO3. The van der Waals surface area contributed by atoms with Crippen molar-refractivity contribution in [2.24, 2.45) is 5.73 Å². The Morgan fingerprint density at radius 1 is 1.03 bits per heavy atom. The predicted molar refractivity (Wildman–Crippen MR) is 118 cm³/mol. The van der Waals surface area contributed by atoms with Gasteiger partial charge >= 0.3 is 0 Å². The molecule has 0 aromatic heterocycles. The second kappa shape index (κ2) is 11.0. The lowest BCUT2D eigenvalue weighted by atomic mass is 9.84. The van der Waals surface area contributed by atoms with Crippen LogP contribution in [0.2, 0.25) is 0 Å². The summed E-state index contributed by atoms with van der Waals surface area (Å²) in [6.07, 6.45) is 4.29. The molecule has 0 aliphatic rings. The maximum absolute atomic E-state index is 12.7. The van der Waals surface area contributed by atoms with E-state index in [4.69, 9.17) is 15.2 Å². The molecule has 158 valence electrons. The molecule has 1 amide bonds. The third kappa shape index (κ3) is 5.83. The van der Waals surface area contributed by atoms with Crippen LogP contribution in [0.25, 0.3) is 0 Å². The number of amides is 1. The average molecular weight is 398 g/mol.